The number of hydrogen-bond acceptors (Lipinski definition) is 1. The van der Waals surface area contributed by atoms with Gasteiger partial charge >= 0.3 is 0 Å². The zero-order valence-electron chi connectivity index (χ0n) is 11.9. The Balaban J connectivity index is 1.70. The normalized spacial score (nSPS) is 28.1. The van der Waals surface area contributed by atoms with Crippen LogP contribution >= 0.6 is 0 Å². The van der Waals surface area contributed by atoms with E-state index in [4.69, 9.17) is 0 Å². The first-order chi connectivity index (χ1) is 9.26. The third-order valence-corrected chi connectivity index (χ3v) is 4.85. The molecule has 1 aliphatic heterocycles. The van der Waals surface area contributed by atoms with Crippen LogP contribution in [0.15, 0.2) is 18.2 Å². The van der Waals surface area contributed by atoms with E-state index in [1.807, 2.05) is 0 Å². The average Bonchev–Trinajstić information content (AvgIpc) is 2.75. The van der Waals surface area contributed by atoms with Crippen LogP contribution < -0.4 is 0 Å². The SMILES string of the molecule is CCc1ccc2c(c1)CCC(N1CC[C@@H](F)C1)CC2. The number of halogens is 1. The first-order valence-electron chi connectivity index (χ1n) is 7.75. The summed E-state index contributed by atoms with van der Waals surface area (Å²) in [5.41, 5.74) is 4.51. The number of nitrogens with zero attached hydrogens (tertiary/aromatic N) is 1. The molecule has 2 aliphatic rings. The number of fused-ring (bicyclic) bond motifs is 1. The molecule has 0 radical (unpaired) electrons. The molecule has 1 nitrogen and oxygen atoms in total. The second-order valence-electron chi connectivity index (χ2n) is 6.07. The van der Waals surface area contributed by atoms with E-state index in [1.54, 1.807) is 0 Å². The fourth-order valence-electron chi connectivity index (χ4n) is 3.60. The van der Waals surface area contributed by atoms with E-state index in [-0.39, 0.29) is 0 Å². The predicted molar refractivity (Wildman–Crippen MR) is 77.3 cm³/mol. The molecule has 0 saturated carbocycles. The zero-order chi connectivity index (χ0) is 13.2. The van der Waals surface area contributed by atoms with Gasteiger partial charge < -0.3 is 0 Å². The summed E-state index contributed by atoms with van der Waals surface area (Å²) < 4.78 is 13.4. The Bertz CT molecular complexity index is 443. The topological polar surface area (TPSA) is 3.24 Å². The van der Waals surface area contributed by atoms with Gasteiger partial charge in [0.25, 0.3) is 0 Å². The van der Waals surface area contributed by atoms with Crippen molar-refractivity contribution in [2.45, 2.75) is 57.7 Å². The second kappa shape index (κ2) is 5.62. The summed E-state index contributed by atoms with van der Waals surface area (Å²) in [4.78, 5) is 2.39. The highest BCUT2D eigenvalue weighted by Gasteiger charge is 2.29. The van der Waals surface area contributed by atoms with Gasteiger partial charge in [-0.1, -0.05) is 25.1 Å². The number of benzene rings is 1. The third kappa shape index (κ3) is 2.84. The molecule has 0 N–H and O–H groups in total. The Labute approximate surface area is 115 Å². The third-order valence-electron chi connectivity index (χ3n) is 4.85. The van der Waals surface area contributed by atoms with Crippen molar-refractivity contribution < 1.29 is 4.39 Å². The average molecular weight is 261 g/mol. The van der Waals surface area contributed by atoms with Crippen molar-refractivity contribution in [1.29, 1.82) is 0 Å². The maximum atomic E-state index is 13.4. The minimum absolute atomic E-state index is 0.586. The van der Waals surface area contributed by atoms with Crippen molar-refractivity contribution in [3.05, 3.63) is 34.9 Å². The molecule has 0 spiro atoms. The maximum absolute atomic E-state index is 13.4. The minimum atomic E-state index is -0.586. The quantitative estimate of drug-likeness (QED) is 0.736. The van der Waals surface area contributed by atoms with Crippen molar-refractivity contribution in [1.82, 2.24) is 4.90 Å². The van der Waals surface area contributed by atoms with Crippen LogP contribution in [0.5, 0.6) is 0 Å². The summed E-state index contributed by atoms with van der Waals surface area (Å²) in [5, 5.41) is 0. The fraction of sp³-hybridized carbons (Fsp3) is 0.647. The molecule has 1 unspecified atom stereocenters. The largest absolute Gasteiger partial charge is 0.297 e. The highest BCUT2D eigenvalue weighted by Crippen LogP contribution is 2.27. The lowest BCUT2D eigenvalue weighted by Crippen LogP contribution is -2.33. The van der Waals surface area contributed by atoms with Crippen molar-refractivity contribution in [2.75, 3.05) is 13.1 Å². The molecule has 1 fully saturated rings. The smallest absolute Gasteiger partial charge is 0.114 e. The van der Waals surface area contributed by atoms with Crippen LogP contribution in [0.1, 0.15) is 42.9 Å². The molecule has 0 aromatic heterocycles. The lowest BCUT2D eigenvalue weighted by Gasteiger charge is -2.25. The molecule has 1 aromatic carbocycles. The van der Waals surface area contributed by atoms with Crippen LogP contribution in [0.3, 0.4) is 0 Å². The van der Waals surface area contributed by atoms with E-state index in [0.717, 1.165) is 25.8 Å². The van der Waals surface area contributed by atoms with E-state index >= 15 is 0 Å². The molecule has 104 valence electrons. The molecule has 2 atom stereocenters. The summed E-state index contributed by atoms with van der Waals surface area (Å²) in [6.07, 6.45) is 6.00. The van der Waals surface area contributed by atoms with Crippen molar-refractivity contribution >= 4 is 0 Å². The summed E-state index contributed by atoms with van der Waals surface area (Å²) >= 11 is 0. The van der Waals surface area contributed by atoms with Crippen LogP contribution in [-0.2, 0) is 19.3 Å². The Morgan fingerprint density at radius 3 is 2.63 bits per heavy atom. The van der Waals surface area contributed by atoms with Crippen LogP contribution in [0.4, 0.5) is 4.39 Å². The van der Waals surface area contributed by atoms with Gasteiger partial charge in [0.2, 0.25) is 0 Å². The molecular weight excluding hydrogens is 237 g/mol. The monoisotopic (exact) mass is 261 g/mol. The number of likely N-dealkylation sites (tertiary alicyclic amines) is 1. The molecule has 1 saturated heterocycles. The molecule has 1 aliphatic carbocycles. The van der Waals surface area contributed by atoms with Gasteiger partial charge in [-0.05, 0) is 55.2 Å². The van der Waals surface area contributed by atoms with Crippen LogP contribution in [0.25, 0.3) is 0 Å². The first-order valence-corrected chi connectivity index (χ1v) is 7.75. The lowest BCUT2D eigenvalue weighted by atomic mass is 9.99. The summed E-state index contributed by atoms with van der Waals surface area (Å²) in [6, 6.07) is 7.57. The van der Waals surface area contributed by atoms with E-state index in [1.165, 1.54) is 36.0 Å². The van der Waals surface area contributed by atoms with E-state index in [9.17, 15) is 4.39 Å². The molecule has 19 heavy (non-hydrogen) atoms. The van der Waals surface area contributed by atoms with Crippen molar-refractivity contribution in [3.8, 4) is 0 Å². The lowest BCUT2D eigenvalue weighted by molar-refractivity contribution is 0.204. The van der Waals surface area contributed by atoms with Gasteiger partial charge in [0, 0.05) is 19.1 Å². The number of hydrogen-bond donors (Lipinski definition) is 0. The van der Waals surface area contributed by atoms with Crippen LogP contribution in [0.2, 0.25) is 0 Å². The summed E-state index contributed by atoms with van der Waals surface area (Å²) in [5.74, 6) is 0. The second-order valence-corrected chi connectivity index (χ2v) is 6.07. The predicted octanol–water partition coefficient (Wildman–Crippen LogP) is 3.54. The van der Waals surface area contributed by atoms with Crippen LogP contribution in [0, 0.1) is 0 Å². The fourth-order valence-corrected chi connectivity index (χ4v) is 3.60. The molecule has 2 heteroatoms. The Morgan fingerprint density at radius 2 is 1.95 bits per heavy atom. The Kier molecular flexibility index (Phi) is 3.88. The van der Waals surface area contributed by atoms with Crippen molar-refractivity contribution in [3.63, 3.8) is 0 Å². The van der Waals surface area contributed by atoms with E-state index < -0.39 is 6.17 Å². The first kappa shape index (κ1) is 13.1. The van der Waals surface area contributed by atoms with Gasteiger partial charge in [0.1, 0.15) is 6.17 Å². The van der Waals surface area contributed by atoms with Gasteiger partial charge in [0.15, 0.2) is 0 Å². The Hall–Kier alpha value is -0.890. The molecule has 1 heterocycles. The number of alkyl halides is 1. The number of rotatable bonds is 2. The van der Waals surface area contributed by atoms with Crippen LogP contribution in [-0.4, -0.2) is 30.2 Å². The van der Waals surface area contributed by atoms with Gasteiger partial charge in [-0.25, -0.2) is 4.39 Å². The highest BCUT2D eigenvalue weighted by molar-refractivity contribution is 5.33. The molecule has 0 bridgehead atoms. The van der Waals surface area contributed by atoms with Gasteiger partial charge in [-0.2, -0.15) is 0 Å². The standard InChI is InChI=1S/C17H24FN/c1-2-13-3-4-14-5-7-17(8-6-15(14)11-13)19-10-9-16(18)12-19/h3-4,11,16-17H,2,5-10,12H2,1H3/t16-,17?/m1/s1. The molecular formula is C17H24FN. The maximum Gasteiger partial charge on any atom is 0.114 e. The van der Waals surface area contributed by atoms with E-state index in [2.05, 4.69) is 30.0 Å². The van der Waals surface area contributed by atoms with Gasteiger partial charge in [-0.3, -0.25) is 4.90 Å². The Morgan fingerprint density at radius 1 is 1.16 bits per heavy atom. The number of aryl methyl sites for hydroxylation is 3. The molecule has 3 rings (SSSR count). The minimum Gasteiger partial charge on any atom is -0.297 e. The van der Waals surface area contributed by atoms with Gasteiger partial charge in [-0.15, -0.1) is 0 Å². The molecule has 0 amide bonds. The van der Waals surface area contributed by atoms with E-state index in [0.29, 0.717) is 12.6 Å². The molecule has 1 aromatic rings. The zero-order valence-corrected chi connectivity index (χ0v) is 11.9. The summed E-state index contributed by atoms with van der Waals surface area (Å²) in [6.45, 7) is 3.84. The van der Waals surface area contributed by atoms with Crippen molar-refractivity contribution in [2.24, 2.45) is 0 Å². The van der Waals surface area contributed by atoms with Gasteiger partial charge in [0.05, 0.1) is 0 Å². The summed E-state index contributed by atoms with van der Waals surface area (Å²) in [7, 11) is 0. The highest BCUT2D eigenvalue weighted by atomic mass is 19.1.